The Hall–Kier alpha value is -1.97. The van der Waals surface area contributed by atoms with Crippen molar-refractivity contribution in [1.82, 2.24) is 9.97 Å². The summed E-state index contributed by atoms with van der Waals surface area (Å²) in [5.41, 5.74) is 2.04. The number of hydrogen-bond donors (Lipinski definition) is 1. The van der Waals surface area contributed by atoms with Gasteiger partial charge in [0.15, 0.2) is 0 Å². The van der Waals surface area contributed by atoms with Crippen molar-refractivity contribution in [3.63, 3.8) is 0 Å². The first-order valence-electron chi connectivity index (χ1n) is 5.85. The number of hydrogen-bond acceptors (Lipinski definition) is 2. The van der Waals surface area contributed by atoms with Gasteiger partial charge >= 0.3 is 0 Å². The predicted octanol–water partition coefficient (Wildman–Crippen LogP) is 3.01. The van der Waals surface area contributed by atoms with Crippen molar-refractivity contribution >= 4 is 0 Å². The van der Waals surface area contributed by atoms with Crippen molar-refractivity contribution in [3.8, 4) is 11.4 Å². The van der Waals surface area contributed by atoms with E-state index in [0.717, 1.165) is 16.8 Å². The highest BCUT2D eigenvalue weighted by molar-refractivity contribution is 5.59. The number of nitrogens with one attached hydrogen (secondary N) is 1. The summed E-state index contributed by atoms with van der Waals surface area (Å²) in [6.07, 6.45) is 0. The molecule has 0 amide bonds. The van der Waals surface area contributed by atoms with E-state index in [1.807, 2.05) is 13.8 Å². The van der Waals surface area contributed by atoms with Crippen LogP contribution in [0.15, 0.2) is 29.1 Å². The summed E-state index contributed by atoms with van der Waals surface area (Å²) in [6, 6.07) is 5.92. The van der Waals surface area contributed by atoms with Gasteiger partial charge in [0, 0.05) is 11.6 Å². The first-order valence-corrected chi connectivity index (χ1v) is 5.85. The molecule has 0 aliphatic carbocycles. The van der Waals surface area contributed by atoms with Gasteiger partial charge < -0.3 is 4.98 Å². The van der Waals surface area contributed by atoms with Crippen LogP contribution in [0.5, 0.6) is 0 Å². The predicted molar refractivity (Wildman–Crippen MR) is 69.1 cm³/mol. The summed E-state index contributed by atoms with van der Waals surface area (Å²) in [5.74, 6) is 0.370. The molecular weight excluding hydrogens is 231 g/mol. The van der Waals surface area contributed by atoms with Crippen molar-refractivity contribution < 1.29 is 4.39 Å². The van der Waals surface area contributed by atoms with Gasteiger partial charge in [-0.25, -0.2) is 9.37 Å². The summed E-state index contributed by atoms with van der Waals surface area (Å²) >= 11 is 0. The minimum absolute atomic E-state index is 0.173. The quantitative estimate of drug-likeness (QED) is 0.885. The molecule has 0 spiro atoms. The number of halogens is 1. The van der Waals surface area contributed by atoms with Crippen LogP contribution in [0.1, 0.15) is 31.0 Å². The van der Waals surface area contributed by atoms with Gasteiger partial charge in [-0.2, -0.15) is 0 Å². The number of aryl methyl sites for hydroxylation is 1. The highest BCUT2D eigenvalue weighted by Crippen LogP contribution is 2.21. The average Bonchev–Trinajstić information content (AvgIpc) is 2.27. The maximum absolute atomic E-state index is 13.1. The summed E-state index contributed by atoms with van der Waals surface area (Å²) in [7, 11) is 0. The fraction of sp³-hybridized carbons (Fsp3) is 0.286. The molecule has 0 aliphatic heterocycles. The third-order valence-corrected chi connectivity index (χ3v) is 2.80. The fourth-order valence-electron chi connectivity index (χ4n) is 1.79. The Morgan fingerprint density at radius 3 is 2.61 bits per heavy atom. The van der Waals surface area contributed by atoms with Gasteiger partial charge in [0.05, 0.1) is 5.69 Å². The van der Waals surface area contributed by atoms with Crippen molar-refractivity contribution in [2.75, 3.05) is 0 Å². The molecule has 2 aromatic rings. The Kier molecular flexibility index (Phi) is 3.28. The maximum atomic E-state index is 13.1. The summed E-state index contributed by atoms with van der Waals surface area (Å²) in [4.78, 5) is 18.7. The molecule has 3 nitrogen and oxygen atoms in total. The highest BCUT2D eigenvalue weighted by atomic mass is 19.1. The lowest BCUT2D eigenvalue weighted by molar-refractivity contribution is 0.627. The molecule has 0 bridgehead atoms. The molecule has 4 heteroatoms. The van der Waals surface area contributed by atoms with Gasteiger partial charge in [0.25, 0.3) is 5.56 Å². The van der Waals surface area contributed by atoms with Crippen LogP contribution in [-0.2, 0) is 0 Å². The van der Waals surface area contributed by atoms with E-state index in [2.05, 4.69) is 9.97 Å². The standard InChI is InChI=1S/C14H15FN2O/c1-8(2)12-7-13(18)17-14(16-12)11-5-4-10(15)6-9(11)3/h4-8H,1-3H3,(H,16,17,18). The van der Waals surface area contributed by atoms with Gasteiger partial charge in [-0.3, -0.25) is 4.79 Å². The average molecular weight is 246 g/mol. The second-order valence-corrected chi connectivity index (χ2v) is 4.63. The molecule has 2 rings (SSSR count). The largest absolute Gasteiger partial charge is 0.307 e. The van der Waals surface area contributed by atoms with Gasteiger partial charge in [0.2, 0.25) is 0 Å². The van der Waals surface area contributed by atoms with Gasteiger partial charge in [-0.15, -0.1) is 0 Å². The molecule has 0 saturated carbocycles. The van der Waals surface area contributed by atoms with E-state index in [-0.39, 0.29) is 17.3 Å². The first-order chi connectivity index (χ1) is 8.47. The van der Waals surface area contributed by atoms with Crippen LogP contribution in [0.2, 0.25) is 0 Å². The van der Waals surface area contributed by atoms with Gasteiger partial charge in [-0.1, -0.05) is 13.8 Å². The Balaban J connectivity index is 2.60. The molecule has 18 heavy (non-hydrogen) atoms. The second kappa shape index (κ2) is 4.72. The number of H-pyrrole nitrogens is 1. The van der Waals surface area contributed by atoms with E-state index >= 15 is 0 Å². The molecule has 1 aromatic heterocycles. The molecule has 0 aliphatic rings. The van der Waals surface area contributed by atoms with Gasteiger partial charge in [-0.05, 0) is 36.6 Å². The molecule has 0 saturated heterocycles. The molecule has 1 heterocycles. The van der Waals surface area contributed by atoms with E-state index in [9.17, 15) is 9.18 Å². The van der Waals surface area contributed by atoms with Crippen LogP contribution < -0.4 is 5.56 Å². The van der Waals surface area contributed by atoms with Crippen LogP contribution in [0.25, 0.3) is 11.4 Å². The maximum Gasteiger partial charge on any atom is 0.251 e. The van der Waals surface area contributed by atoms with Crippen LogP contribution >= 0.6 is 0 Å². The number of benzene rings is 1. The molecule has 1 aromatic carbocycles. The summed E-state index contributed by atoms with van der Waals surface area (Å²) < 4.78 is 13.1. The lowest BCUT2D eigenvalue weighted by Gasteiger charge is -2.09. The molecule has 0 atom stereocenters. The Bertz CT molecular complexity index is 632. The fourth-order valence-corrected chi connectivity index (χ4v) is 1.79. The topological polar surface area (TPSA) is 45.8 Å². The van der Waals surface area contributed by atoms with Crippen molar-refractivity contribution in [2.24, 2.45) is 0 Å². The van der Waals surface area contributed by atoms with Crippen molar-refractivity contribution in [1.29, 1.82) is 0 Å². The second-order valence-electron chi connectivity index (χ2n) is 4.63. The normalized spacial score (nSPS) is 10.9. The van der Waals surface area contributed by atoms with E-state index in [1.54, 1.807) is 13.0 Å². The number of aromatic amines is 1. The zero-order valence-electron chi connectivity index (χ0n) is 10.6. The Morgan fingerprint density at radius 2 is 2.00 bits per heavy atom. The molecular formula is C14H15FN2O. The first kappa shape index (κ1) is 12.5. The third-order valence-electron chi connectivity index (χ3n) is 2.80. The zero-order chi connectivity index (χ0) is 13.3. The van der Waals surface area contributed by atoms with Crippen LogP contribution in [0, 0.1) is 12.7 Å². The highest BCUT2D eigenvalue weighted by Gasteiger charge is 2.09. The summed E-state index contributed by atoms with van der Waals surface area (Å²) in [5, 5.41) is 0. The van der Waals surface area contributed by atoms with Crippen LogP contribution in [0.3, 0.4) is 0 Å². The minimum Gasteiger partial charge on any atom is -0.307 e. The van der Waals surface area contributed by atoms with Crippen molar-refractivity contribution in [3.05, 3.63) is 51.7 Å². The smallest absolute Gasteiger partial charge is 0.251 e. The van der Waals surface area contributed by atoms with E-state index in [0.29, 0.717) is 5.82 Å². The Morgan fingerprint density at radius 1 is 1.28 bits per heavy atom. The third kappa shape index (κ3) is 2.47. The van der Waals surface area contributed by atoms with Gasteiger partial charge in [0.1, 0.15) is 11.6 Å². The van der Waals surface area contributed by atoms with Crippen molar-refractivity contribution in [2.45, 2.75) is 26.7 Å². The molecule has 0 fully saturated rings. The van der Waals surface area contributed by atoms with E-state index in [4.69, 9.17) is 0 Å². The lowest BCUT2D eigenvalue weighted by Crippen LogP contribution is -2.11. The molecule has 1 N–H and O–H groups in total. The number of nitrogens with zero attached hydrogens (tertiary/aromatic N) is 1. The Labute approximate surface area is 105 Å². The minimum atomic E-state index is -0.293. The monoisotopic (exact) mass is 246 g/mol. The lowest BCUT2D eigenvalue weighted by atomic mass is 10.1. The zero-order valence-corrected chi connectivity index (χ0v) is 10.6. The number of aromatic nitrogens is 2. The van der Waals surface area contributed by atoms with E-state index in [1.165, 1.54) is 18.2 Å². The molecule has 94 valence electrons. The van der Waals surface area contributed by atoms with Crippen LogP contribution in [0.4, 0.5) is 4.39 Å². The number of rotatable bonds is 2. The molecule has 0 unspecified atom stereocenters. The van der Waals surface area contributed by atoms with Crippen LogP contribution in [-0.4, -0.2) is 9.97 Å². The summed E-state index contributed by atoms with van der Waals surface area (Å²) in [6.45, 7) is 5.74. The molecule has 0 radical (unpaired) electrons. The SMILES string of the molecule is Cc1cc(F)ccc1-c1nc(C(C)C)cc(=O)[nH]1. The van der Waals surface area contributed by atoms with E-state index < -0.39 is 0 Å².